The van der Waals surface area contributed by atoms with Gasteiger partial charge in [0.2, 0.25) is 0 Å². The molecule has 1 fully saturated rings. The van der Waals surface area contributed by atoms with Gasteiger partial charge in [-0.3, -0.25) is 0 Å². The molecular weight excluding hydrogens is 280 g/mol. The van der Waals surface area contributed by atoms with Crippen molar-refractivity contribution in [3.05, 3.63) is 42.4 Å². The van der Waals surface area contributed by atoms with E-state index in [2.05, 4.69) is 15.3 Å². The van der Waals surface area contributed by atoms with Crippen molar-refractivity contribution in [3.63, 3.8) is 0 Å². The van der Waals surface area contributed by atoms with Gasteiger partial charge in [0.1, 0.15) is 18.4 Å². The number of hydrogen-bond donors (Lipinski definition) is 1. The van der Waals surface area contributed by atoms with Gasteiger partial charge >= 0.3 is 0 Å². The van der Waals surface area contributed by atoms with Crippen molar-refractivity contribution in [2.45, 2.75) is 18.9 Å². The molecule has 3 rings (SSSR count). The van der Waals surface area contributed by atoms with E-state index in [0.717, 1.165) is 30.9 Å². The van der Waals surface area contributed by atoms with Gasteiger partial charge in [-0.1, -0.05) is 0 Å². The van der Waals surface area contributed by atoms with E-state index in [4.69, 9.17) is 14.7 Å². The van der Waals surface area contributed by atoms with Crippen LogP contribution in [-0.2, 0) is 4.74 Å². The van der Waals surface area contributed by atoms with Crippen molar-refractivity contribution >= 4 is 11.5 Å². The summed E-state index contributed by atoms with van der Waals surface area (Å²) in [6, 6.07) is 9.50. The van der Waals surface area contributed by atoms with Gasteiger partial charge in [-0.2, -0.15) is 5.26 Å². The molecule has 112 valence electrons. The topological polar surface area (TPSA) is 80.1 Å². The number of nitrogens with one attached hydrogen (secondary N) is 1. The van der Waals surface area contributed by atoms with Crippen molar-refractivity contribution < 1.29 is 9.47 Å². The highest BCUT2D eigenvalue weighted by Gasteiger charge is 2.15. The molecule has 0 amide bonds. The smallest absolute Gasteiger partial charge is 0.183 e. The second-order valence-corrected chi connectivity index (χ2v) is 4.96. The lowest BCUT2D eigenvalue weighted by atomic mass is 10.2. The van der Waals surface area contributed by atoms with Gasteiger partial charge in [-0.15, -0.1) is 0 Å². The van der Waals surface area contributed by atoms with Gasteiger partial charge in [0.05, 0.1) is 6.10 Å². The number of rotatable bonds is 5. The first-order chi connectivity index (χ1) is 10.8. The van der Waals surface area contributed by atoms with Crippen molar-refractivity contribution in [1.82, 2.24) is 9.97 Å². The summed E-state index contributed by atoms with van der Waals surface area (Å²) < 4.78 is 11.2. The Kier molecular flexibility index (Phi) is 4.47. The Morgan fingerprint density at radius 3 is 2.82 bits per heavy atom. The minimum atomic E-state index is 0.204. The van der Waals surface area contributed by atoms with Gasteiger partial charge in [0, 0.05) is 24.7 Å². The molecule has 2 aromatic rings. The molecule has 1 N–H and O–H groups in total. The number of nitriles is 1. The Bertz CT molecular complexity index is 661. The molecule has 1 atom stereocenters. The summed E-state index contributed by atoms with van der Waals surface area (Å²) in [7, 11) is 0. The third kappa shape index (κ3) is 3.51. The SMILES string of the molecule is N#Cc1nccnc1Nc1ccc(OCC2CCCO2)cc1. The lowest BCUT2D eigenvalue weighted by Crippen LogP contribution is -2.16. The van der Waals surface area contributed by atoms with Crippen LogP contribution < -0.4 is 10.1 Å². The Morgan fingerprint density at radius 1 is 1.27 bits per heavy atom. The van der Waals surface area contributed by atoms with E-state index in [1.807, 2.05) is 30.3 Å². The van der Waals surface area contributed by atoms with E-state index in [9.17, 15) is 0 Å². The molecule has 1 aliphatic rings. The zero-order valence-corrected chi connectivity index (χ0v) is 12.0. The summed E-state index contributed by atoms with van der Waals surface area (Å²) in [5.74, 6) is 1.23. The maximum absolute atomic E-state index is 8.99. The zero-order chi connectivity index (χ0) is 15.2. The predicted octanol–water partition coefficient (Wildman–Crippen LogP) is 2.65. The molecule has 6 heteroatoms. The second-order valence-electron chi connectivity index (χ2n) is 4.96. The molecule has 0 radical (unpaired) electrons. The van der Waals surface area contributed by atoms with Crippen molar-refractivity contribution in [2.75, 3.05) is 18.5 Å². The van der Waals surface area contributed by atoms with Crippen LogP contribution >= 0.6 is 0 Å². The van der Waals surface area contributed by atoms with Crippen LogP contribution in [0, 0.1) is 11.3 Å². The Morgan fingerprint density at radius 2 is 2.09 bits per heavy atom. The summed E-state index contributed by atoms with van der Waals surface area (Å²) in [5.41, 5.74) is 1.09. The molecule has 0 bridgehead atoms. The molecule has 1 aromatic carbocycles. The average Bonchev–Trinajstić information content (AvgIpc) is 3.08. The van der Waals surface area contributed by atoms with Gasteiger partial charge in [-0.25, -0.2) is 9.97 Å². The zero-order valence-electron chi connectivity index (χ0n) is 12.0. The molecule has 2 heterocycles. The first-order valence-corrected chi connectivity index (χ1v) is 7.18. The largest absolute Gasteiger partial charge is 0.491 e. The van der Waals surface area contributed by atoms with Crippen LogP contribution in [0.3, 0.4) is 0 Å². The number of hydrogen-bond acceptors (Lipinski definition) is 6. The van der Waals surface area contributed by atoms with Crippen LogP contribution in [0.1, 0.15) is 18.5 Å². The molecule has 1 aliphatic heterocycles. The maximum Gasteiger partial charge on any atom is 0.183 e. The fourth-order valence-electron chi connectivity index (χ4n) is 2.25. The number of anilines is 2. The monoisotopic (exact) mass is 296 g/mol. The summed E-state index contributed by atoms with van der Waals surface area (Å²) in [6.07, 6.45) is 5.41. The van der Waals surface area contributed by atoms with E-state index >= 15 is 0 Å². The lowest BCUT2D eigenvalue weighted by Gasteiger charge is -2.12. The second kappa shape index (κ2) is 6.87. The van der Waals surface area contributed by atoms with Crippen molar-refractivity contribution in [1.29, 1.82) is 5.26 Å². The highest BCUT2D eigenvalue weighted by atomic mass is 16.5. The van der Waals surface area contributed by atoms with Gasteiger partial charge in [0.15, 0.2) is 11.5 Å². The first-order valence-electron chi connectivity index (χ1n) is 7.18. The number of ether oxygens (including phenoxy) is 2. The third-order valence-corrected chi connectivity index (χ3v) is 3.38. The predicted molar refractivity (Wildman–Crippen MR) is 80.9 cm³/mol. The van der Waals surface area contributed by atoms with Crippen LogP contribution in [0.25, 0.3) is 0 Å². The van der Waals surface area contributed by atoms with Crippen LogP contribution in [-0.4, -0.2) is 29.3 Å². The third-order valence-electron chi connectivity index (χ3n) is 3.38. The van der Waals surface area contributed by atoms with Gasteiger partial charge < -0.3 is 14.8 Å². The van der Waals surface area contributed by atoms with Crippen LogP contribution in [0.15, 0.2) is 36.7 Å². The molecule has 0 saturated carbocycles. The molecule has 0 spiro atoms. The maximum atomic E-state index is 8.99. The fourth-order valence-corrected chi connectivity index (χ4v) is 2.25. The minimum absolute atomic E-state index is 0.204. The number of nitrogens with zero attached hydrogens (tertiary/aromatic N) is 3. The Balaban J connectivity index is 1.60. The normalized spacial score (nSPS) is 17.0. The first kappa shape index (κ1) is 14.3. The molecule has 6 nitrogen and oxygen atoms in total. The van der Waals surface area contributed by atoms with Crippen LogP contribution in [0.2, 0.25) is 0 Å². The van der Waals surface area contributed by atoms with Crippen molar-refractivity contribution in [3.8, 4) is 11.8 Å². The fraction of sp³-hybridized carbons (Fsp3) is 0.312. The number of benzene rings is 1. The van der Waals surface area contributed by atoms with E-state index in [1.165, 1.54) is 6.20 Å². The quantitative estimate of drug-likeness (QED) is 0.913. The van der Waals surface area contributed by atoms with E-state index in [-0.39, 0.29) is 11.8 Å². The summed E-state index contributed by atoms with van der Waals surface area (Å²) in [6.45, 7) is 1.41. The molecule has 1 saturated heterocycles. The molecular formula is C16H16N4O2. The molecule has 22 heavy (non-hydrogen) atoms. The van der Waals surface area contributed by atoms with Gasteiger partial charge in [0.25, 0.3) is 0 Å². The lowest BCUT2D eigenvalue weighted by molar-refractivity contribution is 0.0679. The molecule has 0 aliphatic carbocycles. The Labute approximate surface area is 128 Å². The molecule has 1 unspecified atom stereocenters. The Hall–Kier alpha value is -2.65. The van der Waals surface area contributed by atoms with Crippen LogP contribution in [0.5, 0.6) is 5.75 Å². The van der Waals surface area contributed by atoms with Gasteiger partial charge in [-0.05, 0) is 37.1 Å². The summed E-state index contributed by atoms with van der Waals surface area (Å²) in [4.78, 5) is 8.07. The van der Waals surface area contributed by atoms with Crippen molar-refractivity contribution in [2.24, 2.45) is 0 Å². The summed E-state index contributed by atoms with van der Waals surface area (Å²) in [5, 5.41) is 12.1. The van der Waals surface area contributed by atoms with Crippen LogP contribution in [0.4, 0.5) is 11.5 Å². The molecule has 1 aromatic heterocycles. The highest BCUT2D eigenvalue weighted by Crippen LogP contribution is 2.21. The van der Waals surface area contributed by atoms with E-state index < -0.39 is 0 Å². The average molecular weight is 296 g/mol. The van der Waals surface area contributed by atoms with E-state index in [0.29, 0.717) is 12.4 Å². The standard InChI is InChI=1S/C16H16N4O2/c17-10-15-16(19-8-7-18-15)20-12-3-5-13(6-4-12)22-11-14-2-1-9-21-14/h3-8,14H,1-2,9,11H2,(H,19,20). The number of aromatic nitrogens is 2. The highest BCUT2D eigenvalue weighted by molar-refractivity contribution is 5.61. The summed E-state index contributed by atoms with van der Waals surface area (Å²) >= 11 is 0. The van der Waals surface area contributed by atoms with E-state index in [1.54, 1.807) is 6.20 Å². The minimum Gasteiger partial charge on any atom is -0.491 e.